The van der Waals surface area contributed by atoms with Gasteiger partial charge in [-0.2, -0.15) is 0 Å². The van der Waals surface area contributed by atoms with Gasteiger partial charge in [-0.3, -0.25) is 29.1 Å². The third-order valence-electron chi connectivity index (χ3n) is 12.4. The van der Waals surface area contributed by atoms with Gasteiger partial charge in [0.25, 0.3) is 5.91 Å². The predicted molar refractivity (Wildman–Crippen MR) is 247 cm³/mol. The van der Waals surface area contributed by atoms with Crippen LogP contribution in [0.3, 0.4) is 0 Å². The SMILES string of the molecule is C=CC(=O)N(CC)CCCN(C)[C@H](C(=O)N[C@H]1Cc2cc(O)cc(c2)-c2ccc3c(c2)c(c(-c2ccccc2OC)n3CC)CC(C)(C)COC(=O)[C@@H]2CCCN(N2)C1=O)C(C)C. The Balaban J connectivity index is 1.42. The number of likely N-dealkylation sites (N-methyl/N-ethyl adjacent to an activating group) is 2. The van der Waals surface area contributed by atoms with Gasteiger partial charge in [-0.05, 0) is 117 Å². The van der Waals surface area contributed by atoms with Gasteiger partial charge < -0.3 is 29.4 Å². The second-order valence-electron chi connectivity index (χ2n) is 18.1. The molecule has 1 saturated heterocycles. The third-order valence-corrected chi connectivity index (χ3v) is 12.4. The number of aromatic nitrogens is 1. The maximum atomic E-state index is 14.6. The van der Waals surface area contributed by atoms with Crippen LogP contribution >= 0.6 is 0 Å². The zero-order valence-corrected chi connectivity index (χ0v) is 38.3. The van der Waals surface area contributed by atoms with Crippen molar-refractivity contribution in [2.75, 3.05) is 46.9 Å². The van der Waals surface area contributed by atoms with Crippen LogP contribution in [0, 0.1) is 11.3 Å². The number of rotatable bonds is 13. The van der Waals surface area contributed by atoms with E-state index in [4.69, 9.17) is 9.47 Å². The normalized spacial score (nSPS) is 18.5. The van der Waals surface area contributed by atoms with Crippen LogP contribution in [0.2, 0.25) is 0 Å². The van der Waals surface area contributed by atoms with Crippen molar-refractivity contribution in [3.8, 4) is 33.9 Å². The molecule has 0 saturated carbocycles. The van der Waals surface area contributed by atoms with E-state index in [0.717, 1.165) is 44.6 Å². The Morgan fingerprint density at radius 1 is 1.08 bits per heavy atom. The van der Waals surface area contributed by atoms with Gasteiger partial charge in [0.1, 0.15) is 23.6 Å². The van der Waals surface area contributed by atoms with E-state index in [1.54, 1.807) is 24.1 Å². The molecule has 6 bridgehead atoms. The van der Waals surface area contributed by atoms with Crippen molar-refractivity contribution in [2.45, 2.75) is 98.3 Å². The van der Waals surface area contributed by atoms with Crippen LogP contribution in [0.15, 0.2) is 73.3 Å². The average Bonchev–Trinajstić information content (AvgIpc) is 3.56. The molecule has 3 amide bonds. The summed E-state index contributed by atoms with van der Waals surface area (Å²) < 4.78 is 14.3. The average molecular weight is 863 g/mol. The Labute approximate surface area is 372 Å². The highest BCUT2D eigenvalue weighted by Gasteiger charge is 2.37. The number of methoxy groups -OCH3 is 1. The highest BCUT2D eigenvalue weighted by atomic mass is 16.5. The number of carbonyl (C=O) groups is 4. The Morgan fingerprint density at radius 3 is 2.54 bits per heavy atom. The number of amides is 3. The maximum absolute atomic E-state index is 14.6. The van der Waals surface area contributed by atoms with Gasteiger partial charge in [-0.1, -0.05) is 58.5 Å². The summed E-state index contributed by atoms with van der Waals surface area (Å²) >= 11 is 0. The molecule has 2 aliphatic heterocycles. The summed E-state index contributed by atoms with van der Waals surface area (Å²) in [5.41, 5.74) is 9.07. The number of aryl methyl sites for hydroxylation is 1. The molecule has 2 aliphatic rings. The topological polar surface area (TPSA) is 146 Å². The van der Waals surface area contributed by atoms with E-state index < -0.39 is 35.4 Å². The number of para-hydroxylation sites is 1. The minimum atomic E-state index is -1.04. The van der Waals surface area contributed by atoms with Gasteiger partial charge in [0.2, 0.25) is 11.8 Å². The molecule has 13 heteroatoms. The molecule has 6 rings (SSSR count). The van der Waals surface area contributed by atoms with E-state index in [-0.39, 0.29) is 36.5 Å². The molecule has 338 valence electrons. The Morgan fingerprint density at radius 2 is 1.84 bits per heavy atom. The lowest BCUT2D eigenvalue weighted by Gasteiger charge is -2.37. The van der Waals surface area contributed by atoms with Crippen LogP contribution in [-0.4, -0.2) is 113 Å². The van der Waals surface area contributed by atoms with E-state index in [9.17, 15) is 24.3 Å². The van der Waals surface area contributed by atoms with E-state index in [0.29, 0.717) is 64.0 Å². The van der Waals surface area contributed by atoms with Gasteiger partial charge >= 0.3 is 5.97 Å². The first-order chi connectivity index (χ1) is 30.1. The summed E-state index contributed by atoms with van der Waals surface area (Å²) in [4.78, 5) is 58.8. The minimum absolute atomic E-state index is 0.0338. The van der Waals surface area contributed by atoms with Gasteiger partial charge in [0.15, 0.2) is 0 Å². The van der Waals surface area contributed by atoms with E-state index in [1.807, 2.05) is 63.1 Å². The lowest BCUT2D eigenvalue weighted by atomic mass is 9.84. The number of phenolic OH excluding ortho intramolecular Hbond substituents is 1. The number of phenols is 1. The number of nitrogens with one attached hydrogen (secondary N) is 2. The minimum Gasteiger partial charge on any atom is -0.508 e. The maximum Gasteiger partial charge on any atom is 0.324 e. The van der Waals surface area contributed by atoms with Gasteiger partial charge in [0, 0.05) is 61.0 Å². The number of hydrogen-bond acceptors (Lipinski definition) is 9. The number of benzene rings is 3. The van der Waals surface area contributed by atoms with Crippen molar-refractivity contribution in [1.29, 1.82) is 0 Å². The van der Waals surface area contributed by atoms with E-state index >= 15 is 0 Å². The fourth-order valence-corrected chi connectivity index (χ4v) is 9.33. The van der Waals surface area contributed by atoms with Gasteiger partial charge in [-0.15, -0.1) is 0 Å². The molecule has 1 fully saturated rings. The lowest BCUT2D eigenvalue weighted by Crippen LogP contribution is -2.62. The third kappa shape index (κ3) is 10.6. The number of carbonyl (C=O) groups excluding carboxylic acids is 4. The molecule has 3 N–H and O–H groups in total. The van der Waals surface area contributed by atoms with E-state index in [1.165, 1.54) is 11.1 Å². The first kappa shape index (κ1) is 46.8. The molecule has 0 aliphatic carbocycles. The van der Waals surface area contributed by atoms with Crippen LogP contribution in [-0.2, 0) is 43.3 Å². The number of ether oxygens (including phenoxy) is 2. The molecular weight excluding hydrogens is 797 g/mol. The lowest BCUT2D eigenvalue weighted by molar-refractivity contribution is -0.155. The van der Waals surface area contributed by atoms with Crippen molar-refractivity contribution in [3.05, 3.63) is 84.4 Å². The Bertz CT molecular complexity index is 2320. The quantitative estimate of drug-likeness (QED) is 0.0984. The zero-order valence-electron chi connectivity index (χ0n) is 38.3. The molecule has 1 aromatic heterocycles. The van der Waals surface area contributed by atoms with Crippen molar-refractivity contribution >= 4 is 34.6 Å². The summed E-state index contributed by atoms with van der Waals surface area (Å²) in [5.74, 6) is -0.618. The Kier molecular flexibility index (Phi) is 15.0. The number of nitrogens with zero attached hydrogens (tertiary/aromatic N) is 4. The number of aromatic hydroxyl groups is 1. The molecule has 3 atom stereocenters. The van der Waals surface area contributed by atoms with Gasteiger partial charge in [0.05, 0.1) is 25.5 Å². The van der Waals surface area contributed by atoms with Crippen molar-refractivity contribution in [2.24, 2.45) is 11.3 Å². The fourth-order valence-electron chi connectivity index (χ4n) is 9.33. The van der Waals surface area contributed by atoms with Crippen LogP contribution in [0.25, 0.3) is 33.3 Å². The van der Waals surface area contributed by atoms with Crippen molar-refractivity contribution in [1.82, 2.24) is 30.1 Å². The number of esters is 1. The second-order valence-corrected chi connectivity index (χ2v) is 18.1. The van der Waals surface area contributed by atoms with Gasteiger partial charge in [-0.25, -0.2) is 5.43 Å². The highest BCUT2D eigenvalue weighted by Crippen LogP contribution is 2.43. The smallest absolute Gasteiger partial charge is 0.324 e. The van der Waals surface area contributed by atoms with Crippen LogP contribution in [0.5, 0.6) is 11.5 Å². The van der Waals surface area contributed by atoms with Crippen molar-refractivity contribution < 1.29 is 33.8 Å². The molecule has 3 aromatic carbocycles. The van der Waals surface area contributed by atoms with Crippen LogP contribution < -0.4 is 15.5 Å². The first-order valence-electron chi connectivity index (χ1n) is 22.4. The number of hydrazine groups is 1. The van der Waals surface area contributed by atoms with E-state index in [2.05, 4.69) is 60.9 Å². The summed E-state index contributed by atoms with van der Waals surface area (Å²) in [7, 11) is 3.56. The highest BCUT2D eigenvalue weighted by molar-refractivity contribution is 5.96. The van der Waals surface area contributed by atoms with Crippen LogP contribution in [0.1, 0.15) is 71.9 Å². The molecule has 0 unspecified atom stereocenters. The first-order valence-corrected chi connectivity index (χ1v) is 22.4. The van der Waals surface area contributed by atoms with Crippen LogP contribution in [0.4, 0.5) is 0 Å². The predicted octanol–water partition coefficient (Wildman–Crippen LogP) is 6.74. The molecular formula is C50H66N6O7. The summed E-state index contributed by atoms with van der Waals surface area (Å²) in [6.07, 6.45) is 3.64. The summed E-state index contributed by atoms with van der Waals surface area (Å²) in [6.45, 7) is 18.5. The standard InChI is InChI=1S/C50H66N6O7/c1-10-44(58)54(11-2)23-16-22-53(8)45(32(4)5)47(59)51-41-27-33-25-35(28-36(57)26-33)34-20-21-42-38(29-34)39(46(55(42)12-3)37-17-13-14-19-43(37)62-9)30-50(6,7)31-63-49(61)40-18-15-24-56(52-40)48(41)60/h10,13-14,17,19-21,25-26,28-29,32,40-41,45,52,57H,1,11-12,15-16,18,22-24,27,30-31H2,2-9H3,(H,51,59)/t40-,41-,45-/m0/s1. The largest absolute Gasteiger partial charge is 0.508 e. The second kappa shape index (κ2) is 20.2. The molecule has 4 aromatic rings. The zero-order chi connectivity index (χ0) is 45.6. The molecule has 0 spiro atoms. The molecule has 63 heavy (non-hydrogen) atoms. The fraction of sp³-hybridized carbons (Fsp3) is 0.480. The number of fused-ring (bicyclic) bond motifs is 6. The Hall–Kier alpha value is -5.66. The van der Waals surface area contributed by atoms with Crippen molar-refractivity contribution in [3.63, 3.8) is 0 Å². The summed E-state index contributed by atoms with van der Waals surface area (Å²) in [6, 6.07) is 17.2. The molecule has 0 radical (unpaired) electrons. The molecule has 13 nitrogen and oxygen atoms in total. The summed E-state index contributed by atoms with van der Waals surface area (Å²) in [5, 5.41) is 16.8. The number of hydrogen-bond donors (Lipinski definition) is 3. The monoisotopic (exact) mass is 862 g/mol. The number of cyclic esters (lactones) is 1. The molecule has 3 heterocycles.